The molecule has 0 radical (unpaired) electrons. The highest BCUT2D eigenvalue weighted by Crippen LogP contribution is 2.34. The molecule has 4 N–H and O–H groups in total. The van der Waals surface area contributed by atoms with Crippen LogP contribution in [0, 0.1) is 13.8 Å². The number of nitrogens with two attached hydrogens (primary N) is 1. The van der Waals surface area contributed by atoms with Crippen LogP contribution in [0.1, 0.15) is 43.3 Å². The molecule has 2 heterocycles. The van der Waals surface area contributed by atoms with Crippen molar-refractivity contribution in [1.29, 1.82) is 0 Å². The van der Waals surface area contributed by atoms with E-state index < -0.39 is 0 Å². The van der Waals surface area contributed by atoms with Crippen molar-refractivity contribution in [3.63, 3.8) is 0 Å². The Labute approximate surface area is 172 Å². The lowest BCUT2D eigenvalue weighted by molar-refractivity contribution is -0.116. The van der Waals surface area contributed by atoms with Crippen molar-refractivity contribution in [3.8, 4) is 11.1 Å². The first-order valence-corrected chi connectivity index (χ1v) is 9.99. The van der Waals surface area contributed by atoms with Gasteiger partial charge in [-0.3, -0.25) is 9.78 Å². The summed E-state index contributed by atoms with van der Waals surface area (Å²) in [7, 11) is 0. The van der Waals surface area contributed by atoms with Gasteiger partial charge in [-0.25, -0.2) is 0 Å². The average molecular weight is 389 g/mol. The molecule has 4 rings (SSSR count). The third kappa shape index (κ3) is 4.74. The van der Waals surface area contributed by atoms with Gasteiger partial charge in [0.05, 0.1) is 23.8 Å². The van der Waals surface area contributed by atoms with Crippen molar-refractivity contribution in [2.45, 2.75) is 40.2 Å². The first-order valence-electron chi connectivity index (χ1n) is 9.99. The highest BCUT2D eigenvalue weighted by molar-refractivity contribution is 5.97. The number of anilines is 3. The van der Waals surface area contributed by atoms with Crippen molar-refractivity contribution in [3.05, 3.63) is 71.5 Å². The Hall–Kier alpha value is -3.34. The van der Waals surface area contributed by atoms with Crippen LogP contribution in [0.25, 0.3) is 11.1 Å². The maximum absolute atomic E-state index is 12.4. The van der Waals surface area contributed by atoms with Gasteiger partial charge in [0.1, 0.15) is 0 Å². The number of rotatable bonds is 2. The van der Waals surface area contributed by atoms with E-state index in [9.17, 15) is 4.79 Å². The molecule has 1 amide bonds. The largest absolute Gasteiger partial charge is 0.399 e. The molecule has 29 heavy (non-hydrogen) atoms. The second-order valence-corrected chi connectivity index (χ2v) is 7.02. The minimum absolute atomic E-state index is 0.0298. The van der Waals surface area contributed by atoms with Crippen LogP contribution in [0.2, 0.25) is 0 Å². The Morgan fingerprint density at radius 3 is 2.38 bits per heavy atom. The van der Waals surface area contributed by atoms with E-state index in [4.69, 9.17) is 5.73 Å². The van der Waals surface area contributed by atoms with E-state index in [1.54, 1.807) is 6.07 Å². The maximum Gasteiger partial charge on any atom is 0.226 e. The third-order valence-electron chi connectivity index (χ3n) is 4.74. The summed E-state index contributed by atoms with van der Waals surface area (Å²) in [5.74, 6) is -0.0298. The Morgan fingerprint density at radius 1 is 0.931 bits per heavy atom. The summed E-state index contributed by atoms with van der Waals surface area (Å²) in [4.78, 5) is 16.8. The zero-order chi connectivity index (χ0) is 21.0. The fraction of sp³-hybridized carbons (Fsp3) is 0.250. The topological polar surface area (TPSA) is 80.0 Å². The van der Waals surface area contributed by atoms with Crippen LogP contribution in [0.4, 0.5) is 17.1 Å². The molecule has 0 spiro atoms. The number of carbonyl (C=O) groups is 1. The second-order valence-electron chi connectivity index (χ2n) is 7.02. The van der Waals surface area contributed by atoms with E-state index in [1.807, 2.05) is 45.9 Å². The Morgan fingerprint density at radius 2 is 1.66 bits per heavy atom. The number of hydrogen-bond acceptors (Lipinski definition) is 4. The third-order valence-corrected chi connectivity index (χ3v) is 4.74. The molecular weight excluding hydrogens is 360 g/mol. The molecule has 1 aliphatic rings. The Bertz CT molecular complexity index is 1010. The van der Waals surface area contributed by atoms with Crippen LogP contribution in [0.3, 0.4) is 0 Å². The summed E-state index contributed by atoms with van der Waals surface area (Å²) >= 11 is 0. The first kappa shape index (κ1) is 20.4. The number of nitrogens with zero attached hydrogens (tertiary/aromatic N) is 1. The van der Waals surface area contributed by atoms with Gasteiger partial charge >= 0.3 is 0 Å². The van der Waals surface area contributed by atoms with Crippen LogP contribution in [-0.4, -0.2) is 10.9 Å². The van der Waals surface area contributed by atoms with Gasteiger partial charge in [-0.15, -0.1) is 0 Å². The van der Waals surface area contributed by atoms with Gasteiger partial charge in [-0.1, -0.05) is 32.0 Å². The van der Waals surface area contributed by atoms with Gasteiger partial charge in [-0.05, 0) is 66.9 Å². The normalized spacial score (nSPS) is 15.2. The number of aromatic nitrogens is 1. The molecule has 1 unspecified atom stereocenters. The van der Waals surface area contributed by atoms with Crippen LogP contribution in [0.15, 0.2) is 54.6 Å². The van der Waals surface area contributed by atoms with Gasteiger partial charge in [-0.2, -0.15) is 0 Å². The second kappa shape index (κ2) is 8.78. The number of benzene rings is 2. The summed E-state index contributed by atoms with van der Waals surface area (Å²) in [5.41, 5.74) is 13.4. The Balaban J connectivity index is 0.00000117. The number of nitrogens with one attached hydrogen (secondary N) is 2. The van der Waals surface area contributed by atoms with Crippen molar-refractivity contribution in [2.24, 2.45) is 0 Å². The van der Waals surface area contributed by atoms with Gasteiger partial charge in [0.15, 0.2) is 0 Å². The van der Waals surface area contributed by atoms with E-state index in [0.29, 0.717) is 12.1 Å². The van der Waals surface area contributed by atoms with Gasteiger partial charge in [0.2, 0.25) is 5.91 Å². The minimum atomic E-state index is -0.112. The minimum Gasteiger partial charge on any atom is -0.399 e. The molecule has 0 saturated heterocycles. The number of amides is 1. The number of pyridine rings is 1. The summed E-state index contributed by atoms with van der Waals surface area (Å²) in [6, 6.07) is 17.9. The lowest BCUT2D eigenvalue weighted by Gasteiger charge is -2.18. The standard InChI is InChI=1S/C22H22N4O.C2H6/c1-13-8-17(9-14(2)24-13)15-4-3-5-16(10-15)20-12-22(27)26-21-11-18(23)6-7-19(21)25-20;1-2/h3-11,20,25H,12,23H2,1-2H3,(H,26,27);1-2H3. The van der Waals surface area contributed by atoms with E-state index in [1.165, 1.54) is 0 Å². The number of hydrogen-bond donors (Lipinski definition) is 3. The summed E-state index contributed by atoms with van der Waals surface area (Å²) in [5, 5.41) is 6.42. The molecule has 3 aromatic rings. The number of aryl methyl sites for hydroxylation is 2. The van der Waals surface area contributed by atoms with Crippen LogP contribution >= 0.6 is 0 Å². The molecule has 0 bridgehead atoms. The van der Waals surface area contributed by atoms with Crippen LogP contribution in [0.5, 0.6) is 0 Å². The average Bonchev–Trinajstić information content (AvgIpc) is 2.86. The molecule has 2 aromatic carbocycles. The highest BCUT2D eigenvalue weighted by Gasteiger charge is 2.22. The van der Waals surface area contributed by atoms with Crippen molar-refractivity contribution in [1.82, 2.24) is 4.98 Å². The number of nitrogen functional groups attached to an aromatic ring is 1. The highest BCUT2D eigenvalue weighted by atomic mass is 16.1. The molecule has 0 saturated carbocycles. The van der Waals surface area contributed by atoms with E-state index in [0.717, 1.165) is 39.5 Å². The molecule has 5 nitrogen and oxygen atoms in total. The molecular formula is C24H28N4O. The van der Waals surface area contributed by atoms with Crippen molar-refractivity contribution < 1.29 is 4.79 Å². The van der Waals surface area contributed by atoms with Crippen LogP contribution in [-0.2, 0) is 4.79 Å². The quantitative estimate of drug-likeness (QED) is 0.509. The summed E-state index contributed by atoms with van der Waals surface area (Å²) < 4.78 is 0. The molecule has 1 atom stereocenters. The molecule has 0 fully saturated rings. The SMILES string of the molecule is CC.Cc1cc(-c2cccc(C3CC(=O)Nc4cc(N)ccc4N3)c2)cc(C)n1. The zero-order valence-corrected chi connectivity index (χ0v) is 17.4. The Kier molecular flexibility index (Phi) is 6.17. The van der Waals surface area contributed by atoms with Crippen LogP contribution < -0.4 is 16.4 Å². The number of carbonyl (C=O) groups excluding carboxylic acids is 1. The molecule has 5 heteroatoms. The molecule has 0 aliphatic carbocycles. The monoisotopic (exact) mass is 388 g/mol. The van der Waals surface area contributed by atoms with E-state index in [2.05, 4.69) is 45.9 Å². The maximum atomic E-state index is 12.4. The smallest absolute Gasteiger partial charge is 0.226 e. The molecule has 150 valence electrons. The van der Waals surface area contributed by atoms with Gasteiger partial charge < -0.3 is 16.4 Å². The summed E-state index contributed by atoms with van der Waals surface area (Å²) in [6.45, 7) is 8.00. The molecule has 1 aromatic heterocycles. The van der Waals surface area contributed by atoms with Crippen molar-refractivity contribution >= 4 is 23.0 Å². The lowest BCUT2D eigenvalue weighted by Crippen LogP contribution is -2.15. The fourth-order valence-electron chi connectivity index (χ4n) is 3.55. The summed E-state index contributed by atoms with van der Waals surface area (Å²) in [6.07, 6.45) is 0.354. The number of fused-ring (bicyclic) bond motifs is 1. The van der Waals surface area contributed by atoms with E-state index >= 15 is 0 Å². The van der Waals surface area contributed by atoms with Gasteiger partial charge in [0, 0.05) is 17.1 Å². The van der Waals surface area contributed by atoms with Crippen molar-refractivity contribution in [2.75, 3.05) is 16.4 Å². The lowest BCUT2D eigenvalue weighted by atomic mass is 9.97. The first-order chi connectivity index (χ1) is 14.0. The predicted octanol–water partition coefficient (Wildman–Crippen LogP) is 5.47. The molecule has 1 aliphatic heterocycles. The zero-order valence-electron chi connectivity index (χ0n) is 17.4. The van der Waals surface area contributed by atoms with Gasteiger partial charge in [0.25, 0.3) is 0 Å². The van der Waals surface area contributed by atoms with E-state index in [-0.39, 0.29) is 11.9 Å². The predicted molar refractivity (Wildman–Crippen MR) is 121 cm³/mol. The fourth-order valence-corrected chi connectivity index (χ4v) is 3.55.